The molecule has 3 rings (SSSR count). The molecule has 20 heavy (non-hydrogen) atoms. The van der Waals surface area contributed by atoms with Gasteiger partial charge in [-0.25, -0.2) is 4.98 Å². The molecule has 5 heteroatoms. The average molecular weight is 269 g/mol. The minimum Gasteiger partial charge on any atom is -0.369 e. The van der Waals surface area contributed by atoms with E-state index in [1.54, 1.807) is 6.20 Å². The number of nitrogens with two attached hydrogens (primary N) is 1. The zero-order valence-corrected chi connectivity index (χ0v) is 11.9. The first-order valence-electron chi connectivity index (χ1n) is 6.81. The van der Waals surface area contributed by atoms with Crippen LogP contribution in [0, 0.1) is 0 Å². The van der Waals surface area contributed by atoms with Gasteiger partial charge < -0.3 is 15.2 Å². The Hall–Kier alpha value is -2.14. The fourth-order valence-electron chi connectivity index (χ4n) is 2.55. The van der Waals surface area contributed by atoms with Crippen LogP contribution in [0.2, 0.25) is 0 Å². The van der Waals surface area contributed by atoms with Gasteiger partial charge in [-0.3, -0.25) is 4.98 Å². The van der Waals surface area contributed by atoms with E-state index in [0.717, 1.165) is 41.4 Å². The van der Waals surface area contributed by atoms with Gasteiger partial charge >= 0.3 is 0 Å². The normalized spacial score (nSPS) is 11.8. The van der Waals surface area contributed by atoms with Gasteiger partial charge in [0.05, 0.1) is 17.2 Å². The second kappa shape index (κ2) is 5.09. The van der Waals surface area contributed by atoms with Gasteiger partial charge in [0.15, 0.2) is 0 Å². The van der Waals surface area contributed by atoms with Crippen molar-refractivity contribution in [2.75, 3.05) is 26.4 Å². The average Bonchev–Trinajstić information content (AvgIpc) is 2.75. The third-order valence-corrected chi connectivity index (χ3v) is 3.50. The molecule has 0 amide bonds. The highest BCUT2D eigenvalue weighted by atomic mass is 15.2. The zero-order valence-electron chi connectivity index (χ0n) is 11.9. The Morgan fingerprint density at radius 1 is 1.20 bits per heavy atom. The highest BCUT2D eigenvalue weighted by molar-refractivity contribution is 6.02. The van der Waals surface area contributed by atoms with Crippen LogP contribution in [0.3, 0.4) is 0 Å². The lowest BCUT2D eigenvalue weighted by Crippen LogP contribution is -2.15. The van der Waals surface area contributed by atoms with Crippen molar-refractivity contribution in [1.29, 1.82) is 0 Å². The first-order valence-corrected chi connectivity index (χ1v) is 6.81. The van der Waals surface area contributed by atoms with Crippen molar-refractivity contribution in [3.63, 3.8) is 0 Å². The molecule has 2 heterocycles. The number of hydrogen-bond donors (Lipinski definition) is 1. The zero-order chi connectivity index (χ0) is 14.1. The summed E-state index contributed by atoms with van der Waals surface area (Å²) in [5.41, 5.74) is 9.01. The summed E-state index contributed by atoms with van der Waals surface area (Å²) >= 11 is 0. The van der Waals surface area contributed by atoms with Gasteiger partial charge in [0.25, 0.3) is 0 Å². The van der Waals surface area contributed by atoms with Gasteiger partial charge in [0, 0.05) is 11.9 Å². The van der Waals surface area contributed by atoms with Crippen LogP contribution in [0.1, 0.15) is 6.42 Å². The summed E-state index contributed by atoms with van der Waals surface area (Å²) in [4.78, 5) is 11.0. The first-order chi connectivity index (χ1) is 9.66. The number of para-hydroxylation sites is 1. The predicted molar refractivity (Wildman–Crippen MR) is 82.6 cm³/mol. The molecular weight excluding hydrogens is 250 g/mol. The minimum absolute atomic E-state index is 0.567. The molecule has 3 aromatic rings. The summed E-state index contributed by atoms with van der Waals surface area (Å²) in [6, 6.07) is 8.12. The predicted octanol–water partition coefficient (Wildman–Crippen LogP) is 2.12. The molecule has 0 saturated heterocycles. The lowest BCUT2D eigenvalue weighted by molar-refractivity contribution is 0.388. The van der Waals surface area contributed by atoms with Crippen molar-refractivity contribution < 1.29 is 0 Å². The quantitative estimate of drug-likeness (QED) is 0.788. The highest BCUT2D eigenvalue weighted by Crippen LogP contribution is 2.25. The van der Waals surface area contributed by atoms with Gasteiger partial charge in [0.1, 0.15) is 5.52 Å². The smallest absolute Gasteiger partial charge is 0.201 e. The van der Waals surface area contributed by atoms with Crippen LogP contribution in [-0.4, -0.2) is 40.1 Å². The molecule has 2 aromatic heterocycles. The van der Waals surface area contributed by atoms with Gasteiger partial charge in [-0.1, -0.05) is 18.2 Å². The van der Waals surface area contributed by atoms with Gasteiger partial charge in [-0.05, 0) is 33.1 Å². The summed E-state index contributed by atoms with van der Waals surface area (Å²) in [5, 5.41) is 1.11. The van der Waals surface area contributed by atoms with Crippen LogP contribution in [0.25, 0.3) is 21.9 Å². The molecular formula is C15H19N5. The van der Waals surface area contributed by atoms with Crippen LogP contribution in [0.15, 0.2) is 30.5 Å². The number of hydrogen-bond acceptors (Lipinski definition) is 4. The first kappa shape index (κ1) is 12.9. The molecule has 0 saturated carbocycles. The van der Waals surface area contributed by atoms with Crippen molar-refractivity contribution in [3.8, 4) is 0 Å². The van der Waals surface area contributed by atoms with Crippen molar-refractivity contribution in [2.45, 2.75) is 13.0 Å². The number of pyridine rings is 1. The van der Waals surface area contributed by atoms with E-state index in [0.29, 0.717) is 5.95 Å². The van der Waals surface area contributed by atoms with E-state index in [2.05, 4.69) is 39.6 Å². The third kappa shape index (κ3) is 2.20. The number of benzene rings is 1. The lowest BCUT2D eigenvalue weighted by atomic mass is 10.2. The van der Waals surface area contributed by atoms with Crippen LogP contribution < -0.4 is 5.73 Å². The number of anilines is 1. The Labute approximate surface area is 118 Å². The van der Waals surface area contributed by atoms with Gasteiger partial charge in [-0.15, -0.1) is 0 Å². The van der Waals surface area contributed by atoms with Crippen LogP contribution in [-0.2, 0) is 6.54 Å². The molecule has 0 fully saturated rings. The molecule has 0 bridgehead atoms. The van der Waals surface area contributed by atoms with E-state index in [1.165, 1.54) is 0 Å². The SMILES string of the molecule is CN(C)CCCn1c(N)nc2cnc3ccccc3c21. The maximum Gasteiger partial charge on any atom is 0.201 e. The molecule has 0 aliphatic heterocycles. The van der Waals surface area contributed by atoms with Gasteiger partial charge in [0.2, 0.25) is 5.95 Å². The number of aromatic nitrogens is 3. The summed E-state index contributed by atoms with van der Waals surface area (Å²) < 4.78 is 2.10. The standard InChI is InChI=1S/C15H19N5/c1-19(2)8-5-9-20-14-11-6-3-4-7-12(11)17-10-13(14)18-15(20)16/h3-4,6-7,10H,5,8-9H2,1-2H3,(H2,16,18). The molecule has 104 valence electrons. The van der Waals surface area contributed by atoms with Crippen LogP contribution in [0.5, 0.6) is 0 Å². The number of imidazole rings is 1. The molecule has 0 unspecified atom stereocenters. The van der Waals surface area contributed by atoms with E-state index in [-0.39, 0.29) is 0 Å². The number of aryl methyl sites for hydroxylation is 1. The van der Waals surface area contributed by atoms with E-state index >= 15 is 0 Å². The molecule has 0 atom stereocenters. The number of nitrogen functional groups attached to an aromatic ring is 1. The Morgan fingerprint density at radius 2 is 2.00 bits per heavy atom. The van der Waals surface area contributed by atoms with E-state index in [1.807, 2.05) is 18.2 Å². The Morgan fingerprint density at radius 3 is 2.80 bits per heavy atom. The fraction of sp³-hybridized carbons (Fsp3) is 0.333. The molecule has 0 spiro atoms. The van der Waals surface area contributed by atoms with Crippen molar-refractivity contribution in [2.24, 2.45) is 0 Å². The van der Waals surface area contributed by atoms with Gasteiger partial charge in [-0.2, -0.15) is 0 Å². The maximum atomic E-state index is 6.07. The second-order valence-corrected chi connectivity index (χ2v) is 5.29. The molecule has 0 aliphatic carbocycles. The van der Waals surface area contributed by atoms with Crippen LogP contribution in [0.4, 0.5) is 5.95 Å². The summed E-state index contributed by atoms with van der Waals surface area (Å²) in [7, 11) is 4.16. The largest absolute Gasteiger partial charge is 0.369 e. The fourth-order valence-corrected chi connectivity index (χ4v) is 2.55. The van der Waals surface area contributed by atoms with Crippen LogP contribution >= 0.6 is 0 Å². The second-order valence-electron chi connectivity index (χ2n) is 5.29. The van der Waals surface area contributed by atoms with Crippen molar-refractivity contribution in [3.05, 3.63) is 30.5 Å². The van der Waals surface area contributed by atoms with Crippen molar-refractivity contribution in [1.82, 2.24) is 19.4 Å². The summed E-state index contributed by atoms with van der Waals surface area (Å²) in [6.07, 6.45) is 2.84. The Balaban J connectivity index is 2.10. The van der Waals surface area contributed by atoms with E-state index in [4.69, 9.17) is 5.73 Å². The monoisotopic (exact) mass is 269 g/mol. The topological polar surface area (TPSA) is 60.0 Å². The molecule has 5 nitrogen and oxygen atoms in total. The van der Waals surface area contributed by atoms with Crippen molar-refractivity contribution >= 4 is 27.9 Å². The minimum atomic E-state index is 0.567. The maximum absolute atomic E-state index is 6.07. The molecule has 1 aromatic carbocycles. The number of fused-ring (bicyclic) bond motifs is 3. The highest BCUT2D eigenvalue weighted by Gasteiger charge is 2.11. The molecule has 2 N–H and O–H groups in total. The Bertz CT molecular complexity index is 744. The molecule has 0 radical (unpaired) electrons. The summed E-state index contributed by atoms with van der Waals surface area (Å²) in [5.74, 6) is 0.567. The van der Waals surface area contributed by atoms with E-state index < -0.39 is 0 Å². The molecule has 0 aliphatic rings. The lowest BCUT2D eigenvalue weighted by Gasteiger charge is -2.11. The summed E-state index contributed by atoms with van der Waals surface area (Å²) in [6.45, 7) is 1.90. The van der Waals surface area contributed by atoms with E-state index in [9.17, 15) is 0 Å². The third-order valence-electron chi connectivity index (χ3n) is 3.50. The number of nitrogens with zero attached hydrogens (tertiary/aromatic N) is 4. The number of rotatable bonds is 4. The Kier molecular flexibility index (Phi) is 3.28.